The minimum Gasteiger partial charge on any atom is -0.356 e. The van der Waals surface area contributed by atoms with Gasteiger partial charge in [-0.05, 0) is 23.7 Å². The maximum Gasteiger partial charge on any atom is 0.224 e. The number of amides is 1. The van der Waals surface area contributed by atoms with Gasteiger partial charge < -0.3 is 5.32 Å². The zero-order valence-electron chi connectivity index (χ0n) is 10.2. The average Bonchev–Trinajstić information content (AvgIpc) is 2.51. The zero-order valence-corrected chi connectivity index (χ0v) is 11.8. The topological polar surface area (TPSA) is 29.1 Å². The fourth-order valence-corrected chi connectivity index (χ4v) is 2.78. The third-order valence-electron chi connectivity index (χ3n) is 4.14. The lowest BCUT2D eigenvalue weighted by molar-refractivity contribution is -0.123. The molecule has 0 atom stereocenters. The fourth-order valence-electron chi connectivity index (χ4n) is 2.38. The smallest absolute Gasteiger partial charge is 0.224 e. The molecule has 0 heterocycles. The minimum atomic E-state index is 0.159. The molecule has 0 spiro atoms. The lowest BCUT2D eigenvalue weighted by Crippen LogP contribution is -2.28. The Balaban J connectivity index is 2.32. The molecule has 1 amide bonds. The summed E-state index contributed by atoms with van der Waals surface area (Å²) in [6, 6.07) is 0. The molecule has 0 radical (unpaired) electrons. The van der Waals surface area contributed by atoms with E-state index in [2.05, 4.69) is 48.9 Å². The van der Waals surface area contributed by atoms with E-state index < -0.39 is 0 Å². The molecule has 0 aromatic rings. The Morgan fingerprint density at radius 3 is 2.13 bits per heavy atom. The molecular formula is C12H22BrNO. The lowest BCUT2D eigenvalue weighted by atomic mass is 10.0. The van der Waals surface area contributed by atoms with Gasteiger partial charge in [-0.25, -0.2) is 0 Å². The highest BCUT2D eigenvalue weighted by molar-refractivity contribution is 9.09. The number of halogens is 1. The van der Waals surface area contributed by atoms with Crippen LogP contribution in [0.2, 0.25) is 0 Å². The van der Waals surface area contributed by atoms with E-state index in [1.807, 2.05) is 0 Å². The molecule has 0 aromatic carbocycles. The van der Waals surface area contributed by atoms with Crippen LogP contribution in [0.3, 0.4) is 0 Å². The first-order chi connectivity index (χ1) is 6.85. The Labute approximate surface area is 101 Å². The third kappa shape index (κ3) is 2.38. The van der Waals surface area contributed by atoms with E-state index >= 15 is 0 Å². The van der Waals surface area contributed by atoms with Crippen molar-refractivity contribution in [1.82, 2.24) is 5.32 Å². The molecule has 3 heteroatoms. The van der Waals surface area contributed by atoms with Gasteiger partial charge in [-0.15, -0.1) is 0 Å². The van der Waals surface area contributed by atoms with Crippen LogP contribution < -0.4 is 5.32 Å². The third-order valence-corrected chi connectivity index (χ3v) is 4.70. The molecule has 88 valence electrons. The second kappa shape index (κ2) is 4.44. The van der Waals surface area contributed by atoms with Gasteiger partial charge in [-0.3, -0.25) is 4.79 Å². The largest absolute Gasteiger partial charge is 0.356 e. The predicted octanol–water partition coefficient (Wildman–Crippen LogP) is 2.96. The lowest BCUT2D eigenvalue weighted by Gasteiger charge is -2.05. The molecule has 2 nitrogen and oxygen atoms in total. The summed E-state index contributed by atoms with van der Waals surface area (Å²) in [6.07, 6.45) is 2.18. The first-order valence-corrected chi connectivity index (χ1v) is 6.81. The van der Waals surface area contributed by atoms with Gasteiger partial charge in [0.2, 0.25) is 5.91 Å². The van der Waals surface area contributed by atoms with Gasteiger partial charge in [0.15, 0.2) is 0 Å². The number of unbranched alkanes of at least 4 members (excludes halogenated alkanes) is 1. The summed E-state index contributed by atoms with van der Waals surface area (Å²) in [4.78, 5) is 11.9. The van der Waals surface area contributed by atoms with Crippen LogP contribution in [0.1, 0.15) is 40.5 Å². The highest BCUT2D eigenvalue weighted by Crippen LogP contribution is 2.68. The van der Waals surface area contributed by atoms with E-state index in [-0.39, 0.29) is 22.7 Å². The monoisotopic (exact) mass is 275 g/mol. The maximum absolute atomic E-state index is 11.9. The molecule has 1 rings (SSSR count). The number of hydrogen-bond acceptors (Lipinski definition) is 1. The van der Waals surface area contributed by atoms with Gasteiger partial charge in [0.1, 0.15) is 0 Å². The summed E-state index contributed by atoms with van der Waals surface area (Å²) in [7, 11) is 0. The predicted molar refractivity (Wildman–Crippen MR) is 67.1 cm³/mol. The molecular weight excluding hydrogens is 254 g/mol. The van der Waals surface area contributed by atoms with Crippen LogP contribution in [-0.4, -0.2) is 17.8 Å². The summed E-state index contributed by atoms with van der Waals surface area (Å²) in [5, 5.41) is 4.05. The minimum absolute atomic E-state index is 0.159. The van der Waals surface area contributed by atoms with E-state index in [1.54, 1.807) is 0 Å². The number of alkyl halides is 1. The summed E-state index contributed by atoms with van der Waals surface area (Å²) >= 11 is 3.38. The van der Waals surface area contributed by atoms with Crippen LogP contribution >= 0.6 is 15.9 Å². The van der Waals surface area contributed by atoms with Crippen LogP contribution in [0.25, 0.3) is 0 Å². The number of hydrogen-bond donors (Lipinski definition) is 1. The number of carbonyl (C=O) groups is 1. The Kier molecular flexibility index (Phi) is 3.85. The second-order valence-corrected chi connectivity index (χ2v) is 6.36. The van der Waals surface area contributed by atoms with Gasteiger partial charge in [0.25, 0.3) is 0 Å². The molecule has 1 fully saturated rings. The number of carbonyl (C=O) groups excluding carboxylic acids is 1. The molecule has 1 aliphatic rings. The van der Waals surface area contributed by atoms with Crippen LogP contribution in [0.15, 0.2) is 0 Å². The molecule has 1 aliphatic carbocycles. The van der Waals surface area contributed by atoms with Crippen molar-refractivity contribution in [2.24, 2.45) is 16.7 Å². The normalized spacial score (nSPS) is 22.5. The summed E-state index contributed by atoms with van der Waals surface area (Å²) in [6.45, 7) is 9.52. The molecule has 0 saturated heterocycles. The molecule has 0 aromatic heterocycles. The van der Waals surface area contributed by atoms with Crippen LogP contribution in [0, 0.1) is 16.7 Å². The highest BCUT2D eigenvalue weighted by Gasteiger charge is 2.68. The van der Waals surface area contributed by atoms with Crippen molar-refractivity contribution in [3.05, 3.63) is 0 Å². The SMILES string of the molecule is CC1(C)C(C(=O)NCCCCBr)C1(C)C. The van der Waals surface area contributed by atoms with E-state index in [4.69, 9.17) is 0 Å². The quantitative estimate of drug-likeness (QED) is 0.607. The Morgan fingerprint density at radius 2 is 1.73 bits per heavy atom. The van der Waals surface area contributed by atoms with Crippen molar-refractivity contribution in [2.45, 2.75) is 40.5 Å². The second-order valence-electron chi connectivity index (χ2n) is 5.56. The van der Waals surface area contributed by atoms with Gasteiger partial charge in [-0.1, -0.05) is 43.6 Å². The van der Waals surface area contributed by atoms with Crippen LogP contribution in [-0.2, 0) is 4.79 Å². The Bertz CT molecular complexity index is 234. The molecule has 0 bridgehead atoms. The van der Waals surface area contributed by atoms with Crippen molar-refractivity contribution < 1.29 is 4.79 Å². The van der Waals surface area contributed by atoms with Gasteiger partial charge in [0, 0.05) is 17.8 Å². The summed E-state index contributed by atoms with van der Waals surface area (Å²) < 4.78 is 0. The van der Waals surface area contributed by atoms with Gasteiger partial charge in [0.05, 0.1) is 0 Å². The molecule has 0 aliphatic heterocycles. The standard InChI is InChI=1S/C12H22BrNO/c1-11(2)9(12(11,3)4)10(15)14-8-6-5-7-13/h9H,5-8H2,1-4H3,(H,14,15). The highest BCUT2D eigenvalue weighted by atomic mass is 79.9. The summed E-state index contributed by atoms with van der Waals surface area (Å²) in [5.74, 6) is 0.425. The Morgan fingerprint density at radius 1 is 1.20 bits per heavy atom. The van der Waals surface area contributed by atoms with Crippen molar-refractivity contribution in [3.63, 3.8) is 0 Å². The van der Waals surface area contributed by atoms with Crippen molar-refractivity contribution >= 4 is 21.8 Å². The van der Waals surface area contributed by atoms with Crippen LogP contribution in [0.5, 0.6) is 0 Å². The van der Waals surface area contributed by atoms with Crippen molar-refractivity contribution in [2.75, 3.05) is 11.9 Å². The van der Waals surface area contributed by atoms with E-state index in [0.717, 1.165) is 24.7 Å². The van der Waals surface area contributed by atoms with E-state index in [9.17, 15) is 4.79 Å². The number of rotatable bonds is 5. The molecule has 1 N–H and O–H groups in total. The molecule has 1 saturated carbocycles. The maximum atomic E-state index is 11.9. The zero-order chi connectivity index (χ0) is 11.7. The van der Waals surface area contributed by atoms with Gasteiger partial charge >= 0.3 is 0 Å². The van der Waals surface area contributed by atoms with E-state index in [1.165, 1.54) is 0 Å². The fraction of sp³-hybridized carbons (Fsp3) is 0.917. The van der Waals surface area contributed by atoms with Crippen molar-refractivity contribution in [1.29, 1.82) is 0 Å². The van der Waals surface area contributed by atoms with Crippen molar-refractivity contribution in [3.8, 4) is 0 Å². The average molecular weight is 276 g/mol. The summed E-state index contributed by atoms with van der Waals surface area (Å²) in [5.41, 5.74) is 0.318. The molecule has 15 heavy (non-hydrogen) atoms. The van der Waals surface area contributed by atoms with Gasteiger partial charge in [-0.2, -0.15) is 0 Å². The van der Waals surface area contributed by atoms with Crippen LogP contribution in [0.4, 0.5) is 0 Å². The van der Waals surface area contributed by atoms with E-state index in [0.29, 0.717) is 0 Å². The first-order valence-electron chi connectivity index (χ1n) is 5.69. The number of nitrogens with one attached hydrogen (secondary N) is 1. The molecule has 0 unspecified atom stereocenters. The Hall–Kier alpha value is -0.0500. The first kappa shape index (κ1) is 13.0.